The molecule has 0 aliphatic heterocycles. The Morgan fingerprint density at radius 2 is 1.88 bits per heavy atom. The number of nitrogens with one attached hydrogen (secondary N) is 1. The zero-order chi connectivity index (χ0) is 18.5. The minimum Gasteiger partial charge on any atom is -0.484 e. The van der Waals surface area contributed by atoms with Gasteiger partial charge < -0.3 is 14.6 Å². The molecule has 1 amide bonds. The average Bonchev–Trinajstić information content (AvgIpc) is 3.06. The number of ether oxygens (including phenoxy) is 1. The number of aromatic nitrogens is 2. The lowest BCUT2D eigenvalue weighted by atomic mass is 10.1. The molecule has 3 aromatic rings. The normalized spacial score (nSPS) is 11.8. The number of hydrogen-bond donors (Lipinski definition) is 1. The van der Waals surface area contributed by atoms with Crippen LogP contribution in [0.2, 0.25) is 0 Å². The van der Waals surface area contributed by atoms with Gasteiger partial charge in [-0.1, -0.05) is 29.8 Å². The highest BCUT2D eigenvalue weighted by Crippen LogP contribution is 2.21. The quantitative estimate of drug-likeness (QED) is 0.741. The molecule has 0 unspecified atom stereocenters. The highest BCUT2D eigenvalue weighted by atomic mass is 19.1. The van der Waals surface area contributed by atoms with Gasteiger partial charge in [-0.3, -0.25) is 4.79 Å². The van der Waals surface area contributed by atoms with Crippen molar-refractivity contribution < 1.29 is 13.9 Å². The number of halogens is 1. The lowest BCUT2D eigenvalue weighted by Crippen LogP contribution is -2.34. The number of benzene rings is 2. The van der Waals surface area contributed by atoms with Crippen molar-refractivity contribution in [3.05, 3.63) is 83.7 Å². The van der Waals surface area contributed by atoms with Crippen molar-refractivity contribution in [2.75, 3.05) is 6.61 Å². The van der Waals surface area contributed by atoms with E-state index in [9.17, 15) is 9.18 Å². The van der Waals surface area contributed by atoms with Crippen molar-refractivity contribution in [2.45, 2.75) is 13.0 Å². The van der Waals surface area contributed by atoms with Crippen LogP contribution in [0.5, 0.6) is 5.75 Å². The maximum absolute atomic E-state index is 13.2. The van der Waals surface area contributed by atoms with Crippen LogP contribution in [0.25, 0.3) is 0 Å². The second-order valence-electron chi connectivity index (χ2n) is 6.05. The van der Waals surface area contributed by atoms with Gasteiger partial charge in [0.05, 0.1) is 0 Å². The molecule has 5 nitrogen and oxygen atoms in total. The number of aryl methyl sites for hydroxylation is 2. The molecule has 1 heterocycles. The summed E-state index contributed by atoms with van der Waals surface area (Å²) >= 11 is 0. The van der Waals surface area contributed by atoms with Crippen LogP contribution in [-0.4, -0.2) is 22.1 Å². The highest BCUT2D eigenvalue weighted by Gasteiger charge is 2.21. The van der Waals surface area contributed by atoms with E-state index in [2.05, 4.69) is 10.3 Å². The van der Waals surface area contributed by atoms with Crippen molar-refractivity contribution in [1.29, 1.82) is 0 Å². The molecule has 1 N–H and O–H groups in total. The molecule has 0 bridgehead atoms. The average molecular weight is 353 g/mol. The summed E-state index contributed by atoms with van der Waals surface area (Å²) in [6.45, 7) is 1.86. The van der Waals surface area contributed by atoms with E-state index in [1.807, 2.05) is 42.8 Å². The van der Waals surface area contributed by atoms with E-state index in [0.717, 1.165) is 11.1 Å². The van der Waals surface area contributed by atoms with Crippen molar-refractivity contribution in [3.8, 4) is 5.75 Å². The Morgan fingerprint density at radius 3 is 2.50 bits per heavy atom. The molecule has 1 aromatic heterocycles. The van der Waals surface area contributed by atoms with Crippen molar-refractivity contribution in [2.24, 2.45) is 7.05 Å². The maximum Gasteiger partial charge on any atom is 0.258 e. The predicted molar refractivity (Wildman–Crippen MR) is 96.3 cm³/mol. The first kappa shape index (κ1) is 17.7. The van der Waals surface area contributed by atoms with E-state index in [1.165, 1.54) is 12.1 Å². The van der Waals surface area contributed by atoms with E-state index in [1.54, 1.807) is 24.5 Å². The van der Waals surface area contributed by atoms with Crippen LogP contribution in [0.1, 0.15) is 23.0 Å². The molecule has 0 radical (unpaired) electrons. The maximum atomic E-state index is 13.2. The third-order valence-corrected chi connectivity index (χ3v) is 4.02. The van der Waals surface area contributed by atoms with Crippen molar-refractivity contribution >= 4 is 5.91 Å². The fourth-order valence-electron chi connectivity index (χ4n) is 2.59. The van der Waals surface area contributed by atoms with Crippen LogP contribution < -0.4 is 10.1 Å². The predicted octanol–water partition coefficient (Wildman–Crippen LogP) is 3.15. The molecule has 134 valence electrons. The van der Waals surface area contributed by atoms with Gasteiger partial charge in [0.1, 0.15) is 23.4 Å². The number of carbonyl (C=O) groups excluding carboxylic acids is 1. The molecule has 0 aliphatic rings. The summed E-state index contributed by atoms with van der Waals surface area (Å²) in [5.41, 5.74) is 1.86. The SMILES string of the molecule is Cc1ccc(OCC(=O)N[C@@H](c2ccc(F)cc2)c2nccn2C)cc1. The summed E-state index contributed by atoms with van der Waals surface area (Å²) in [4.78, 5) is 16.7. The molecular weight excluding hydrogens is 333 g/mol. The Balaban J connectivity index is 1.73. The van der Waals surface area contributed by atoms with E-state index >= 15 is 0 Å². The van der Waals surface area contributed by atoms with Gasteiger partial charge in [-0.2, -0.15) is 0 Å². The molecule has 0 saturated carbocycles. The second-order valence-corrected chi connectivity index (χ2v) is 6.05. The molecular formula is C20H20FN3O2. The summed E-state index contributed by atoms with van der Waals surface area (Å²) in [6.07, 6.45) is 3.45. The summed E-state index contributed by atoms with van der Waals surface area (Å²) in [5.74, 6) is 0.658. The van der Waals surface area contributed by atoms with Crippen LogP contribution in [0, 0.1) is 12.7 Å². The Kier molecular flexibility index (Phi) is 5.31. The van der Waals surface area contributed by atoms with Crippen LogP contribution in [0.3, 0.4) is 0 Å². The number of imidazole rings is 1. The molecule has 0 spiro atoms. The summed E-state index contributed by atoms with van der Waals surface area (Å²) in [6, 6.07) is 13.0. The van der Waals surface area contributed by atoms with Crippen LogP contribution >= 0.6 is 0 Å². The number of rotatable bonds is 6. The first-order valence-corrected chi connectivity index (χ1v) is 8.24. The minimum absolute atomic E-state index is 0.120. The van der Waals surface area contributed by atoms with E-state index in [0.29, 0.717) is 11.6 Å². The van der Waals surface area contributed by atoms with Gasteiger partial charge in [-0.15, -0.1) is 0 Å². The van der Waals surface area contributed by atoms with Gasteiger partial charge in [-0.25, -0.2) is 9.37 Å². The Hall–Kier alpha value is -3.15. The largest absolute Gasteiger partial charge is 0.484 e. The molecule has 0 aliphatic carbocycles. The second kappa shape index (κ2) is 7.82. The fourth-order valence-corrected chi connectivity index (χ4v) is 2.59. The Morgan fingerprint density at radius 1 is 1.19 bits per heavy atom. The Bertz CT molecular complexity index is 873. The van der Waals surface area contributed by atoms with Gasteiger partial charge in [-0.05, 0) is 36.8 Å². The summed E-state index contributed by atoms with van der Waals surface area (Å²) in [7, 11) is 1.84. The van der Waals surface area contributed by atoms with Crippen molar-refractivity contribution in [3.63, 3.8) is 0 Å². The number of carbonyl (C=O) groups is 1. The van der Waals surface area contributed by atoms with Gasteiger partial charge >= 0.3 is 0 Å². The highest BCUT2D eigenvalue weighted by molar-refractivity contribution is 5.78. The lowest BCUT2D eigenvalue weighted by Gasteiger charge is -2.19. The van der Waals surface area contributed by atoms with Gasteiger partial charge in [0.15, 0.2) is 6.61 Å². The van der Waals surface area contributed by atoms with Crippen LogP contribution in [-0.2, 0) is 11.8 Å². The lowest BCUT2D eigenvalue weighted by molar-refractivity contribution is -0.123. The molecule has 3 rings (SSSR count). The first-order chi connectivity index (χ1) is 12.5. The van der Waals surface area contributed by atoms with E-state index in [4.69, 9.17) is 4.74 Å². The van der Waals surface area contributed by atoms with Crippen LogP contribution in [0.15, 0.2) is 60.9 Å². The first-order valence-electron chi connectivity index (χ1n) is 8.24. The molecule has 0 fully saturated rings. The number of nitrogens with zero attached hydrogens (tertiary/aromatic N) is 2. The zero-order valence-electron chi connectivity index (χ0n) is 14.6. The van der Waals surface area contributed by atoms with Crippen molar-refractivity contribution in [1.82, 2.24) is 14.9 Å². The number of amides is 1. The van der Waals surface area contributed by atoms with Gasteiger partial charge in [0, 0.05) is 19.4 Å². The third kappa shape index (κ3) is 4.27. The summed E-state index contributed by atoms with van der Waals surface area (Å²) in [5, 5.41) is 2.91. The smallest absolute Gasteiger partial charge is 0.258 e. The monoisotopic (exact) mass is 353 g/mol. The zero-order valence-corrected chi connectivity index (χ0v) is 14.6. The van der Waals surface area contributed by atoms with Gasteiger partial charge in [0.25, 0.3) is 5.91 Å². The topological polar surface area (TPSA) is 56.1 Å². The molecule has 0 saturated heterocycles. The van der Waals surface area contributed by atoms with Gasteiger partial charge in [0.2, 0.25) is 0 Å². The molecule has 2 aromatic carbocycles. The van der Waals surface area contributed by atoms with E-state index < -0.39 is 6.04 Å². The van der Waals surface area contributed by atoms with Crippen LogP contribution in [0.4, 0.5) is 4.39 Å². The molecule has 1 atom stereocenters. The minimum atomic E-state index is -0.496. The standard InChI is InChI=1S/C20H20FN3O2/c1-14-3-9-17(10-4-14)26-13-18(25)23-19(20-22-11-12-24(20)2)15-5-7-16(21)8-6-15/h3-12,19H,13H2,1-2H3,(H,23,25)/t19-/m0/s1. The molecule has 6 heteroatoms. The summed E-state index contributed by atoms with van der Waals surface area (Å²) < 4.78 is 20.6. The molecule has 26 heavy (non-hydrogen) atoms. The van der Waals surface area contributed by atoms with E-state index in [-0.39, 0.29) is 18.3 Å². The third-order valence-electron chi connectivity index (χ3n) is 4.02. The fraction of sp³-hybridized carbons (Fsp3) is 0.200. The Labute approximate surface area is 151 Å². The number of hydrogen-bond acceptors (Lipinski definition) is 3.